The topological polar surface area (TPSA) is 58.6 Å². The third-order valence-electron chi connectivity index (χ3n) is 4.24. The first kappa shape index (κ1) is 17.7. The van der Waals surface area contributed by atoms with Gasteiger partial charge in [0.05, 0.1) is 6.61 Å². The van der Waals surface area contributed by atoms with Crippen molar-refractivity contribution in [2.24, 2.45) is 0 Å². The number of carbonyl (C=O) groups is 2. The summed E-state index contributed by atoms with van der Waals surface area (Å²) in [5.74, 6) is 0.658. The summed E-state index contributed by atoms with van der Waals surface area (Å²) in [6, 6.07) is 13.2. The Balaban J connectivity index is 1.62. The quantitative estimate of drug-likeness (QED) is 0.838. The average molecular weight is 350 g/mol. The van der Waals surface area contributed by atoms with Crippen molar-refractivity contribution in [3.8, 4) is 5.75 Å². The fraction of sp³-hybridized carbons (Fsp3) is 0.238. The monoisotopic (exact) mass is 350 g/mol. The van der Waals surface area contributed by atoms with Gasteiger partial charge in [-0.25, -0.2) is 0 Å². The molecule has 0 aliphatic carbocycles. The predicted octanol–water partition coefficient (Wildman–Crippen LogP) is 3.65. The molecular formula is C21H22N2O3. The van der Waals surface area contributed by atoms with Crippen molar-refractivity contribution in [3.05, 3.63) is 59.7 Å². The van der Waals surface area contributed by atoms with E-state index in [4.69, 9.17) is 4.74 Å². The van der Waals surface area contributed by atoms with E-state index in [1.807, 2.05) is 49.4 Å². The molecule has 0 aromatic heterocycles. The molecule has 0 unspecified atom stereocenters. The predicted molar refractivity (Wildman–Crippen MR) is 103 cm³/mol. The average Bonchev–Trinajstić information content (AvgIpc) is 3.05. The van der Waals surface area contributed by atoms with Crippen molar-refractivity contribution in [1.29, 1.82) is 0 Å². The van der Waals surface area contributed by atoms with Crippen LogP contribution in [0.25, 0.3) is 6.08 Å². The lowest BCUT2D eigenvalue weighted by Crippen LogP contribution is -2.25. The fourth-order valence-corrected chi connectivity index (χ4v) is 3.00. The number of carbonyl (C=O) groups excluding carboxylic acids is 2. The van der Waals surface area contributed by atoms with E-state index in [1.54, 1.807) is 17.9 Å². The van der Waals surface area contributed by atoms with E-state index in [-0.39, 0.29) is 11.8 Å². The van der Waals surface area contributed by atoms with Gasteiger partial charge in [0.15, 0.2) is 0 Å². The molecular weight excluding hydrogens is 328 g/mol. The first-order chi connectivity index (χ1) is 12.6. The summed E-state index contributed by atoms with van der Waals surface area (Å²) in [6.45, 7) is 4.83. The third-order valence-corrected chi connectivity index (χ3v) is 4.24. The minimum atomic E-state index is -0.194. The highest BCUT2D eigenvalue weighted by atomic mass is 16.5. The van der Waals surface area contributed by atoms with Crippen LogP contribution in [0.4, 0.5) is 11.4 Å². The van der Waals surface area contributed by atoms with Gasteiger partial charge in [-0.1, -0.05) is 12.1 Å². The first-order valence-corrected chi connectivity index (χ1v) is 8.70. The zero-order chi connectivity index (χ0) is 18.5. The van der Waals surface area contributed by atoms with Gasteiger partial charge in [0.25, 0.3) is 0 Å². The number of fused-ring (bicyclic) bond motifs is 1. The molecule has 26 heavy (non-hydrogen) atoms. The number of hydrogen-bond acceptors (Lipinski definition) is 3. The molecule has 0 atom stereocenters. The van der Waals surface area contributed by atoms with Crippen molar-refractivity contribution >= 4 is 29.3 Å². The van der Waals surface area contributed by atoms with E-state index in [2.05, 4.69) is 5.32 Å². The van der Waals surface area contributed by atoms with Gasteiger partial charge in [-0.2, -0.15) is 0 Å². The van der Waals surface area contributed by atoms with E-state index in [1.165, 1.54) is 6.08 Å². The van der Waals surface area contributed by atoms with Crippen LogP contribution in [0.1, 0.15) is 25.0 Å². The SMILES string of the molecule is CCOc1ccc(/C=C/C(=O)Nc2ccc3c(c2)CCN3C(C)=O)cc1. The molecule has 0 spiro atoms. The zero-order valence-electron chi connectivity index (χ0n) is 15.0. The third kappa shape index (κ3) is 4.11. The van der Waals surface area contributed by atoms with Crippen LogP contribution < -0.4 is 15.0 Å². The smallest absolute Gasteiger partial charge is 0.248 e. The number of ether oxygens (including phenoxy) is 1. The van der Waals surface area contributed by atoms with Crippen LogP contribution in [0.15, 0.2) is 48.5 Å². The van der Waals surface area contributed by atoms with Gasteiger partial charge >= 0.3 is 0 Å². The van der Waals surface area contributed by atoms with Crippen LogP contribution in [-0.4, -0.2) is 25.0 Å². The molecule has 0 radical (unpaired) electrons. The Kier molecular flexibility index (Phi) is 5.37. The molecule has 1 aliphatic rings. The maximum Gasteiger partial charge on any atom is 0.248 e. The summed E-state index contributed by atoms with van der Waals surface area (Å²) in [5.41, 5.74) is 3.67. The molecule has 0 saturated heterocycles. The molecule has 0 bridgehead atoms. The van der Waals surface area contributed by atoms with Gasteiger partial charge in [-0.05, 0) is 60.9 Å². The van der Waals surface area contributed by atoms with Crippen LogP contribution in [0.3, 0.4) is 0 Å². The molecule has 5 nitrogen and oxygen atoms in total. The summed E-state index contributed by atoms with van der Waals surface area (Å²) in [5, 5.41) is 2.86. The Morgan fingerprint density at radius 2 is 1.96 bits per heavy atom. The number of nitrogens with one attached hydrogen (secondary N) is 1. The number of benzene rings is 2. The largest absolute Gasteiger partial charge is 0.494 e. The van der Waals surface area contributed by atoms with Gasteiger partial charge in [-0.15, -0.1) is 0 Å². The van der Waals surface area contributed by atoms with E-state index < -0.39 is 0 Å². The maximum atomic E-state index is 12.1. The highest BCUT2D eigenvalue weighted by Gasteiger charge is 2.22. The number of hydrogen-bond donors (Lipinski definition) is 1. The zero-order valence-corrected chi connectivity index (χ0v) is 15.0. The molecule has 2 aromatic carbocycles. The van der Waals surface area contributed by atoms with Crippen molar-refractivity contribution in [2.45, 2.75) is 20.3 Å². The maximum absolute atomic E-state index is 12.1. The number of amides is 2. The molecule has 5 heteroatoms. The van der Waals surface area contributed by atoms with E-state index in [0.29, 0.717) is 13.2 Å². The molecule has 134 valence electrons. The van der Waals surface area contributed by atoms with Crippen molar-refractivity contribution in [2.75, 3.05) is 23.4 Å². The second-order valence-corrected chi connectivity index (χ2v) is 6.09. The molecule has 3 rings (SSSR count). The van der Waals surface area contributed by atoms with Crippen LogP contribution in [0.2, 0.25) is 0 Å². The second kappa shape index (κ2) is 7.87. The van der Waals surface area contributed by atoms with Crippen LogP contribution in [-0.2, 0) is 16.0 Å². The number of rotatable bonds is 5. The molecule has 0 fully saturated rings. The number of anilines is 2. The van der Waals surface area contributed by atoms with E-state index in [9.17, 15) is 9.59 Å². The standard InChI is InChI=1S/C21H22N2O3/c1-3-26-19-8-4-16(5-9-19)6-11-21(25)22-18-7-10-20-17(14-18)12-13-23(20)15(2)24/h4-11,14H,3,12-13H2,1-2H3,(H,22,25)/b11-6+. The van der Waals surface area contributed by atoms with Gasteiger partial charge in [0.2, 0.25) is 11.8 Å². The Bertz CT molecular complexity index is 841. The molecule has 2 aromatic rings. The van der Waals surface area contributed by atoms with Gasteiger partial charge < -0.3 is 15.0 Å². The van der Waals surface area contributed by atoms with Gasteiger partial charge in [0.1, 0.15) is 5.75 Å². The summed E-state index contributed by atoms with van der Waals surface area (Å²) >= 11 is 0. The summed E-state index contributed by atoms with van der Waals surface area (Å²) in [4.78, 5) is 25.5. The summed E-state index contributed by atoms with van der Waals surface area (Å²) in [7, 11) is 0. The highest BCUT2D eigenvalue weighted by Crippen LogP contribution is 2.30. The van der Waals surface area contributed by atoms with Gasteiger partial charge in [0, 0.05) is 30.9 Å². The molecule has 2 amide bonds. The van der Waals surface area contributed by atoms with Crippen molar-refractivity contribution in [3.63, 3.8) is 0 Å². The van der Waals surface area contributed by atoms with E-state index >= 15 is 0 Å². The highest BCUT2D eigenvalue weighted by molar-refractivity contribution is 6.02. The molecule has 1 aliphatic heterocycles. The Morgan fingerprint density at radius 3 is 2.65 bits per heavy atom. The minimum Gasteiger partial charge on any atom is -0.494 e. The Hall–Kier alpha value is -3.08. The summed E-state index contributed by atoms with van der Waals surface area (Å²) in [6.07, 6.45) is 4.07. The van der Waals surface area contributed by atoms with E-state index in [0.717, 1.165) is 34.7 Å². The van der Waals surface area contributed by atoms with Crippen molar-refractivity contribution < 1.29 is 14.3 Å². The van der Waals surface area contributed by atoms with Crippen molar-refractivity contribution in [1.82, 2.24) is 0 Å². The Morgan fingerprint density at radius 1 is 1.19 bits per heavy atom. The lowest BCUT2D eigenvalue weighted by atomic mass is 10.1. The molecule has 1 N–H and O–H groups in total. The fourth-order valence-electron chi connectivity index (χ4n) is 3.00. The van der Waals surface area contributed by atoms with Crippen LogP contribution >= 0.6 is 0 Å². The van der Waals surface area contributed by atoms with Crippen LogP contribution in [0.5, 0.6) is 5.75 Å². The Labute approximate surface area is 153 Å². The lowest BCUT2D eigenvalue weighted by Gasteiger charge is -2.14. The normalized spacial score (nSPS) is 12.9. The van der Waals surface area contributed by atoms with Crippen LogP contribution in [0, 0.1) is 0 Å². The lowest BCUT2D eigenvalue weighted by molar-refractivity contribution is -0.116. The number of nitrogens with zero attached hydrogens (tertiary/aromatic N) is 1. The second-order valence-electron chi connectivity index (χ2n) is 6.09. The van der Waals surface area contributed by atoms with Gasteiger partial charge in [-0.3, -0.25) is 9.59 Å². The molecule has 0 saturated carbocycles. The minimum absolute atomic E-state index is 0.0406. The summed E-state index contributed by atoms with van der Waals surface area (Å²) < 4.78 is 5.40. The molecule has 1 heterocycles. The first-order valence-electron chi connectivity index (χ1n) is 8.70.